The van der Waals surface area contributed by atoms with Crippen LogP contribution in [0.5, 0.6) is 0 Å². The molecule has 2 rings (SSSR count). The number of hydrogen-bond donors (Lipinski definition) is 2. The Morgan fingerprint density at radius 3 is 2.48 bits per heavy atom. The Labute approximate surface area is 128 Å². The van der Waals surface area contributed by atoms with Crippen LogP contribution in [-0.2, 0) is 4.79 Å². The third-order valence-electron chi connectivity index (χ3n) is 3.12. The molecule has 1 aromatic carbocycles. The first-order valence-corrected chi connectivity index (χ1v) is 7.47. The van der Waals surface area contributed by atoms with Crippen LogP contribution >= 0.6 is 11.8 Å². The van der Waals surface area contributed by atoms with E-state index in [2.05, 4.69) is 27.6 Å². The molecule has 21 heavy (non-hydrogen) atoms. The van der Waals surface area contributed by atoms with Crippen molar-refractivity contribution in [1.82, 2.24) is 14.9 Å². The van der Waals surface area contributed by atoms with Gasteiger partial charge in [-0.25, -0.2) is 4.68 Å². The standard InChI is InChI=1S/C14H19N5OS/c1-8-5-9(2)12(10(3)6-8)17-13(20)11(4)21-14-18-16-7-19(14)15/h5-7,11H,15H2,1-4H3,(H,17,20). The molecule has 0 radical (unpaired) electrons. The normalized spacial score (nSPS) is 12.2. The second-order valence-electron chi connectivity index (χ2n) is 5.04. The maximum Gasteiger partial charge on any atom is 0.237 e. The number of nitrogens with zero attached hydrogens (tertiary/aromatic N) is 3. The number of nitrogens with two attached hydrogens (primary N) is 1. The fourth-order valence-electron chi connectivity index (χ4n) is 2.13. The number of nitrogen functional groups attached to an aromatic ring is 1. The molecule has 0 spiro atoms. The van der Waals surface area contributed by atoms with E-state index in [1.807, 2.05) is 27.7 Å². The molecule has 0 bridgehead atoms. The lowest BCUT2D eigenvalue weighted by Gasteiger charge is -2.15. The lowest BCUT2D eigenvalue weighted by atomic mass is 10.1. The second-order valence-corrected chi connectivity index (χ2v) is 6.35. The van der Waals surface area contributed by atoms with E-state index in [-0.39, 0.29) is 11.2 Å². The van der Waals surface area contributed by atoms with E-state index in [4.69, 9.17) is 5.84 Å². The maximum atomic E-state index is 12.3. The molecule has 112 valence electrons. The van der Waals surface area contributed by atoms with Crippen LogP contribution in [0.4, 0.5) is 5.69 Å². The average Bonchev–Trinajstić information content (AvgIpc) is 2.79. The summed E-state index contributed by atoms with van der Waals surface area (Å²) in [4.78, 5) is 12.3. The summed E-state index contributed by atoms with van der Waals surface area (Å²) < 4.78 is 1.30. The van der Waals surface area contributed by atoms with Gasteiger partial charge in [-0.15, -0.1) is 10.2 Å². The number of aryl methyl sites for hydroxylation is 3. The molecule has 1 amide bonds. The van der Waals surface area contributed by atoms with E-state index in [0.29, 0.717) is 5.16 Å². The summed E-state index contributed by atoms with van der Waals surface area (Å²) in [6.45, 7) is 7.83. The van der Waals surface area contributed by atoms with Crippen molar-refractivity contribution in [2.45, 2.75) is 38.1 Å². The molecule has 1 aromatic heterocycles. The predicted octanol–water partition coefficient (Wildman–Crippen LogP) is 2.04. The number of benzene rings is 1. The Kier molecular flexibility index (Phi) is 4.52. The van der Waals surface area contributed by atoms with Crippen LogP contribution in [0, 0.1) is 20.8 Å². The van der Waals surface area contributed by atoms with E-state index in [0.717, 1.165) is 16.8 Å². The third kappa shape index (κ3) is 3.55. The second kappa shape index (κ2) is 6.17. The highest BCUT2D eigenvalue weighted by molar-refractivity contribution is 8.00. The summed E-state index contributed by atoms with van der Waals surface area (Å²) in [5.41, 5.74) is 4.16. The van der Waals surface area contributed by atoms with Crippen LogP contribution in [0.15, 0.2) is 23.6 Å². The maximum absolute atomic E-state index is 12.3. The Balaban J connectivity index is 2.09. The quantitative estimate of drug-likeness (QED) is 0.667. The number of carbonyl (C=O) groups is 1. The van der Waals surface area contributed by atoms with Gasteiger partial charge in [0.25, 0.3) is 0 Å². The minimum Gasteiger partial charge on any atom is -0.336 e. The average molecular weight is 305 g/mol. The summed E-state index contributed by atoms with van der Waals surface area (Å²) in [7, 11) is 0. The molecular formula is C14H19N5OS. The smallest absolute Gasteiger partial charge is 0.237 e. The summed E-state index contributed by atoms with van der Waals surface area (Å²) in [6, 6.07) is 4.11. The van der Waals surface area contributed by atoms with Gasteiger partial charge in [0.2, 0.25) is 11.1 Å². The highest BCUT2D eigenvalue weighted by atomic mass is 32.2. The zero-order valence-corrected chi connectivity index (χ0v) is 13.4. The van der Waals surface area contributed by atoms with Gasteiger partial charge < -0.3 is 11.2 Å². The van der Waals surface area contributed by atoms with Crippen molar-refractivity contribution in [3.05, 3.63) is 35.2 Å². The van der Waals surface area contributed by atoms with Crippen LogP contribution < -0.4 is 11.2 Å². The molecule has 0 aliphatic heterocycles. The first kappa shape index (κ1) is 15.4. The van der Waals surface area contributed by atoms with Gasteiger partial charge in [-0.05, 0) is 38.8 Å². The fraction of sp³-hybridized carbons (Fsp3) is 0.357. The molecule has 1 unspecified atom stereocenters. The monoisotopic (exact) mass is 305 g/mol. The SMILES string of the molecule is Cc1cc(C)c(NC(=O)C(C)Sc2nncn2N)c(C)c1. The van der Waals surface area contributed by atoms with Crippen LogP contribution in [0.2, 0.25) is 0 Å². The molecule has 0 aliphatic rings. The molecule has 3 N–H and O–H groups in total. The summed E-state index contributed by atoms with van der Waals surface area (Å²) >= 11 is 1.27. The van der Waals surface area contributed by atoms with E-state index in [9.17, 15) is 4.79 Å². The minimum absolute atomic E-state index is 0.0851. The Hall–Kier alpha value is -2.02. The number of nitrogens with one attached hydrogen (secondary N) is 1. The number of rotatable bonds is 4. The molecule has 0 saturated carbocycles. The molecule has 1 atom stereocenters. The van der Waals surface area contributed by atoms with Crippen molar-refractivity contribution in [3.8, 4) is 0 Å². The van der Waals surface area contributed by atoms with E-state index >= 15 is 0 Å². The number of hydrogen-bond acceptors (Lipinski definition) is 5. The van der Waals surface area contributed by atoms with Crippen molar-refractivity contribution >= 4 is 23.4 Å². The van der Waals surface area contributed by atoms with Gasteiger partial charge in [-0.3, -0.25) is 4.79 Å². The third-order valence-corrected chi connectivity index (χ3v) is 4.19. The lowest BCUT2D eigenvalue weighted by molar-refractivity contribution is -0.115. The highest BCUT2D eigenvalue weighted by Gasteiger charge is 2.18. The lowest BCUT2D eigenvalue weighted by Crippen LogP contribution is -2.24. The molecular weight excluding hydrogens is 286 g/mol. The molecule has 6 nitrogen and oxygen atoms in total. The Bertz CT molecular complexity index is 644. The zero-order chi connectivity index (χ0) is 15.6. The largest absolute Gasteiger partial charge is 0.336 e. The molecule has 1 heterocycles. The van der Waals surface area contributed by atoms with Gasteiger partial charge in [0.1, 0.15) is 6.33 Å². The van der Waals surface area contributed by atoms with Crippen molar-refractivity contribution in [2.24, 2.45) is 0 Å². The first-order chi connectivity index (χ1) is 9.88. The number of aromatic nitrogens is 3. The summed E-state index contributed by atoms with van der Waals surface area (Å²) in [5, 5.41) is 10.7. The van der Waals surface area contributed by atoms with Gasteiger partial charge in [0.15, 0.2) is 0 Å². The van der Waals surface area contributed by atoms with Gasteiger partial charge in [-0.1, -0.05) is 29.5 Å². The van der Waals surface area contributed by atoms with Crippen molar-refractivity contribution in [2.75, 3.05) is 11.2 Å². The molecule has 2 aromatic rings. The first-order valence-electron chi connectivity index (χ1n) is 6.59. The summed E-state index contributed by atoms with van der Waals surface area (Å²) in [6.07, 6.45) is 1.40. The zero-order valence-electron chi connectivity index (χ0n) is 12.5. The fourth-order valence-corrected chi connectivity index (χ4v) is 2.88. The topological polar surface area (TPSA) is 85.8 Å². The van der Waals surface area contributed by atoms with Crippen LogP contribution in [0.1, 0.15) is 23.6 Å². The van der Waals surface area contributed by atoms with Crippen LogP contribution in [-0.4, -0.2) is 26.0 Å². The van der Waals surface area contributed by atoms with Crippen molar-refractivity contribution in [3.63, 3.8) is 0 Å². The van der Waals surface area contributed by atoms with Crippen LogP contribution in [0.25, 0.3) is 0 Å². The molecule has 0 saturated heterocycles. The van der Waals surface area contributed by atoms with Crippen LogP contribution in [0.3, 0.4) is 0 Å². The van der Waals surface area contributed by atoms with E-state index in [1.54, 1.807) is 0 Å². The van der Waals surface area contributed by atoms with Crippen molar-refractivity contribution < 1.29 is 4.79 Å². The highest BCUT2D eigenvalue weighted by Crippen LogP contribution is 2.25. The number of thioether (sulfide) groups is 1. The van der Waals surface area contributed by atoms with E-state index < -0.39 is 0 Å². The van der Waals surface area contributed by atoms with Gasteiger partial charge >= 0.3 is 0 Å². The minimum atomic E-state index is -0.323. The molecule has 0 aliphatic carbocycles. The number of carbonyl (C=O) groups excluding carboxylic acids is 1. The van der Waals surface area contributed by atoms with Gasteiger partial charge in [-0.2, -0.15) is 0 Å². The van der Waals surface area contributed by atoms with Gasteiger partial charge in [0.05, 0.1) is 5.25 Å². The summed E-state index contributed by atoms with van der Waals surface area (Å²) in [5.74, 6) is 5.56. The van der Waals surface area contributed by atoms with Gasteiger partial charge in [0, 0.05) is 5.69 Å². The molecule has 7 heteroatoms. The molecule has 0 fully saturated rings. The number of amides is 1. The van der Waals surface area contributed by atoms with E-state index in [1.165, 1.54) is 28.3 Å². The Morgan fingerprint density at radius 2 is 1.95 bits per heavy atom. The predicted molar refractivity (Wildman–Crippen MR) is 84.8 cm³/mol. The Morgan fingerprint density at radius 1 is 1.33 bits per heavy atom. The van der Waals surface area contributed by atoms with Crippen molar-refractivity contribution in [1.29, 1.82) is 0 Å². The number of anilines is 1.